The minimum Gasteiger partial charge on any atom is -0.507 e. The van der Waals surface area contributed by atoms with Crippen LogP contribution in [0.4, 0.5) is 0 Å². The van der Waals surface area contributed by atoms with Gasteiger partial charge in [-0.1, -0.05) is 49.6 Å². The molecule has 0 saturated carbocycles. The number of unbranched alkanes of at least 4 members (excludes halogenated alkanes) is 2. The number of carbonyl (C=O) groups excluding carboxylic acids is 2. The van der Waals surface area contributed by atoms with Crippen molar-refractivity contribution >= 4 is 17.4 Å². The first-order valence-corrected chi connectivity index (χ1v) is 10.4. The summed E-state index contributed by atoms with van der Waals surface area (Å²) in [5.41, 5.74) is 3.33. The maximum atomic E-state index is 13.0. The highest BCUT2D eigenvalue weighted by Crippen LogP contribution is 2.40. The molecular weight excluding hydrogens is 378 g/mol. The number of aryl methyl sites for hydroxylation is 2. The number of aliphatic hydroxyl groups excluding tert-OH is 1. The number of hydrogen-bond donors (Lipinski definition) is 1. The number of methoxy groups -OCH3 is 1. The third-order valence-corrected chi connectivity index (χ3v) is 5.62. The van der Waals surface area contributed by atoms with Crippen LogP contribution in [0.5, 0.6) is 5.75 Å². The maximum absolute atomic E-state index is 13.0. The quantitative estimate of drug-likeness (QED) is 0.306. The number of Topliss-reactive ketones (excluding diaryl/α,β-unsaturated/α-hetero) is 1. The van der Waals surface area contributed by atoms with Gasteiger partial charge >= 0.3 is 0 Å². The molecule has 0 aromatic heterocycles. The Balaban J connectivity index is 2.15. The highest BCUT2D eigenvalue weighted by molar-refractivity contribution is 6.46. The predicted molar refractivity (Wildman–Crippen MR) is 117 cm³/mol. The fourth-order valence-corrected chi connectivity index (χ4v) is 3.91. The fourth-order valence-electron chi connectivity index (χ4n) is 3.91. The smallest absolute Gasteiger partial charge is 0.295 e. The summed E-state index contributed by atoms with van der Waals surface area (Å²) in [7, 11) is 1.59. The van der Waals surface area contributed by atoms with Crippen molar-refractivity contribution in [2.24, 2.45) is 0 Å². The van der Waals surface area contributed by atoms with Crippen LogP contribution in [-0.4, -0.2) is 35.4 Å². The van der Waals surface area contributed by atoms with E-state index in [0.29, 0.717) is 17.9 Å². The molecule has 158 valence electrons. The number of hydrogen-bond acceptors (Lipinski definition) is 4. The summed E-state index contributed by atoms with van der Waals surface area (Å²) in [6, 6.07) is 12.4. The average Bonchev–Trinajstić information content (AvgIpc) is 3.00. The number of ether oxygens (including phenoxy) is 1. The standard InChI is InChI=1S/C25H29NO4/c1-5-6-7-14-26-22(18-10-12-19(30-4)13-11-18)21(24(28)25(26)29)23(27)20-15-16(2)8-9-17(20)3/h8-13,15,22,27H,5-7,14H2,1-4H3/b23-21+. The van der Waals surface area contributed by atoms with E-state index in [9.17, 15) is 14.7 Å². The predicted octanol–water partition coefficient (Wildman–Crippen LogP) is 4.92. The van der Waals surface area contributed by atoms with Gasteiger partial charge in [-0.2, -0.15) is 0 Å². The van der Waals surface area contributed by atoms with Gasteiger partial charge in [0.25, 0.3) is 11.7 Å². The summed E-state index contributed by atoms with van der Waals surface area (Å²) in [5.74, 6) is -0.617. The molecule has 1 aliphatic rings. The second-order valence-electron chi connectivity index (χ2n) is 7.79. The van der Waals surface area contributed by atoms with Gasteiger partial charge in [0.15, 0.2) is 0 Å². The zero-order valence-corrected chi connectivity index (χ0v) is 18.1. The van der Waals surface area contributed by atoms with Crippen LogP contribution in [0.2, 0.25) is 0 Å². The Kier molecular flexibility index (Phi) is 6.60. The largest absolute Gasteiger partial charge is 0.507 e. The van der Waals surface area contributed by atoms with Crippen molar-refractivity contribution in [3.05, 3.63) is 70.3 Å². The molecule has 0 radical (unpaired) electrons. The lowest BCUT2D eigenvalue weighted by Gasteiger charge is -2.25. The van der Waals surface area contributed by atoms with Gasteiger partial charge in [0.1, 0.15) is 11.5 Å². The van der Waals surface area contributed by atoms with Crippen LogP contribution in [0.3, 0.4) is 0 Å². The lowest BCUT2D eigenvalue weighted by Crippen LogP contribution is -2.30. The second-order valence-corrected chi connectivity index (χ2v) is 7.79. The summed E-state index contributed by atoms with van der Waals surface area (Å²) in [6.07, 6.45) is 2.79. The molecule has 30 heavy (non-hydrogen) atoms. The zero-order valence-electron chi connectivity index (χ0n) is 18.1. The van der Waals surface area contributed by atoms with Crippen molar-refractivity contribution < 1.29 is 19.4 Å². The van der Waals surface area contributed by atoms with Gasteiger partial charge < -0.3 is 14.7 Å². The summed E-state index contributed by atoms with van der Waals surface area (Å²) < 4.78 is 5.24. The lowest BCUT2D eigenvalue weighted by molar-refractivity contribution is -0.139. The first-order chi connectivity index (χ1) is 14.4. The summed E-state index contributed by atoms with van der Waals surface area (Å²) >= 11 is 0. The lowest BCUT2D eigenvalue weighted by atomic mass is 9.93. The SMILES string of the molecule is CCCCCN1C(=O)C(=O)/C(=C(/O)c2cc(C)ccc2C)C1c1ccc(OC)cc1. The van der Waals surface area contributed by atoms with E-state index in [1.54, 1.807) is 24.1 Å². The summed E-state index contributed by atoms with van der Waals surface area (Å²) in [6.45, 7) is 6.38. The monoisotopic (exact) mass is 407 g/mol. The Morgan fingerprint density at radius 1 is 1.07 bits per heavy atom. The molecule has 0 spiro atoms. The summed E-state index contributed by atoms with van der Waals surface area (Å²) in [4.78, 5) is 27.5. The molecule has 1 aliphatic heterocycles. The Morgan fingerprint density at radius 3 is 2.40 bits per heavy atom. The van der Waals surface area contributed by atoms with Crippen LogP contribution >= 0.6 is 0 Å². The molecule has 1 fully saturated rings. The van der Waals surface area contributed by atoms with E-state index >= 15 is 0 Å². The van der Waals surface area contributed by atoms with Gasteiger partial charge in [0.2, 0.25) is 0 Å². The molecule has 1 N–H and O–H groups in total. The van der Waals surface area contributed by atoms with E-state index in [2.05, 4.69) is 6.92 Å². The van der Waals surface area contributed by atoms with Gasteiger partial charge in [-0.25, -0.2) is 0 Å². The average molecular weight is 408 g/mol. The van der Waals surface area contributed by atoms with Gasteiger partial charge in [-0.15, -0.1) is 0 Å². The molecule has 1 saturated heterocycles. The van der Waals surface area contributed by atoms with E-state index in [4.69, 9.17) is 4.74 Å². The summed E-state index contributed by atoms with van der Waals surface area (Å²) in [5, 5.41) is 11.2. The maximum Gasteiger partial charge on any atom is 0.295 e. The van der Waals surface area contributed by atoms with Crippen LogP contribution in [0.1, 0.15) is 54.5 Å². The molecule has 1 heterocycles. The molecule has 0 aliphatic carbocycles. The highest BCUT2D eigenvalue weighted by atomic mass is 16.5. The number of amides is 1. The molecule has 2 aromatic carbocycles. The molecule has 5 nitrogen and oxygen atoms in total. The number of benzene rings is 2. The molecule has 0 bridgehead atoms. The third kappa shape index (κ3) is 4.11. The number of rotatable bonds is 7. The van der Waals surface area contributed by atoms with Crippen LogP contribution in [0, 0.1) is 13.8 Å². The third-order valence-electron chi connectivity index (χ3n) is 5.62. The second kappa shape index (κ2) is 9.16. The van der Waals surface area contributed by atoms with Crippen molar-refractivity contribution in [1.82, 2.24) is 4.90 Å². The van der Waals surface area contributed by atoms with Gasteiger partial charge in [0.05, 0.1) is 18.7 Å². The Labute approximate surface area is 178 Å². The van der Waals surface area contributed by atoms with E-state index < -0.39 is 17.7 Å². The topological polar surface area (TPSA) is 66.8 Å². The van der Waals surface area contributed by atoms with Crippen LogP contribution in [0.15, 0.2) is 48.0 Å². The van der Waals surface area contributed by atoms with Crippen LogP contribution in [0.25, 0.3) is 5.76 Å². The molecule has 1 atom stereocenters. The fraction of sp³-hybridized carbons (Fsp3) is 0.360. The van der Waals surface area contributed by atoms with Gasteiger partial charge in [-0.05, 0) is 49.6 Å². The first kappa shape index (κ1) is 21.6. The van der Waals surface area contributed by atoms with Crippen LogP contribution < -0.4 is 4.74 Å². The zero-order chi connectivity index (χ0) is 21.8. The van der Waals surface area contributed by atoms with Crippen molar-refractivity contribution in [3.63, 3.8) is 0 Å². The number of carbonyl (C=O) groups is 2. The molecule has 1 amide bonds. The molecule has 2 aromatic rings. The van der Waals surface area contributed by atoms with Crippen LogP contribution in [-0.2, 0) is 9.59 Å². The normalized spacial score (nSPS) is 18.1. The number of nitrogens with zero attached hydrogens (tertiary/aromatic N) is 1. The first-order valence-electron chi connectivity index (χ1n) is 10.4. The Hall–Kier alpha value is -3.08. The van der Waals surface area contributed by atoms with Crippen molar-refractivity contribution in [1.29, 1.82) is 0 Å². The number of likely N-dealkylation sites (tertiary alicyclic amines) is 1. The molecule has 3 rings (SSSR count). The van der Waals surface area contributed by atoms with E-state index in [0.717, 1.165) is 36.0 Å². The van der Waals surface area contributed by atoms with E-state index in [1.807, 2.05) is 44.2 Å². The molecular formula is C25H29NO4. The minimum absolute atomic E-state index is 0.117. The number of aliphatic hydroxyl groups is 1. The van der Waals surface area contributed by atoms with Gasteiger partial charge in [0, 0.05) is 12.1 Å². The van der Waals surface area contributed by atoms with Crippen molar-refractivity contribution in [3.8, 4) is 5.75 Å². The molecule has 1 unspecified atom stereocenters. The van der Waals surface area contributed by atoms with E-state index in [-0.39, 0.29) is 11.3 Å². The Morgan fingerprint density at radius 2 is 1.77 bits per heavy atom. The highest BCUT2D eigenvalue weighted by Gasteiger charge is 2.45. The van der Waals surface area contributed by atoms with E-state index in [1.165, 1.54) is 0 Å². The van der Waals surface area contributed by atoms with Crippen molar-refractivity contribution in [2.45, 2.75) is 46.1 Å². The molecule has 5 heteroatoms. The number of ketones is 1. The van der Waals surface area contributed by atoms with Gasteiger partial charge in [-0.3, -0.25) is 9.59 Å². The minimum atomic E-state index is -0.634. The Bertz CT molecular complexity index is 975. The van der Waals surface area contributed by atoms with Crippen molar-refractivity contribution in [2.75, 3.05) is 13.7 Å².